The third-order valence-electron chi connectivity index (χ3n) is 3.40. The van der Waals surface area contributed by atoms with Crippen molar-refractivity contribution in [1.29, 1.82) is 0 Å². The summed E-state index contributed by atoms with van der Waals surface area (Å²) in [5, 5.41) is 6.09. The van der Waals surface area contributed by atoms with Crippen molar-refractivity contribution in [3.8, 4) is 0 Å². The topological polar surface area (TPSA) is 61.4 Å². The first-order valence-corrected chi connectivity index (χ1v) is 6.52. The van der Waals surface area contributed by atoms with Crippen LogP contribution < -0.4 is 10.6 Å². The minimum absolute atomic E-state index is 0.0559. The molecule has 0 aromatic heterocycles. The second kappa shape index (κ2) is 5.49. The van der Waals surface area contributed by atoms with Crippen LogP contribution in [-0.2, 0) is 9.59 Å². The van der Waals surface area contributed by atoms with Gasteiger partial charge in [0, 0.05) is 32.1 Å². The van der Waals surface area contributed by atoms with Gasteiger partial charge in [-0.05, 0) is 19.3 Å². The van der Waals surface area contributed by atoms with Crippen LogP contribution in [-0.4, -0.2) is 48.9 Å². The highest BCUT2D eigenvalue weighted by molar-refractivity contribution is 5.89. The molecule has 0 aromatic carbocycles. The van der Waals surface area contributed by atoms with E-state index in [0.29, 0.717) is 6.42 Å². The fourth-order valence-electron chi connectivity index (χ4n) is 2.08. The Labute approximate surface area is 102 Å². The third-order valence-corrected chi connectivity index (χ3v) is 3.40. The van der Waals surface area contributed by atoms with Gasteiger partial charge in [0.15, 0.2) is 0 Å². The summed E-state index contributed by atoms with van der Waals surface area (Å²) in [4.78, 5) is 25.7. The SMILES string of the molecule is CCC(NC(=O)C1CC1)C(=O)N1CCNCC1. The summed E-state index contributed by atoms with van der Waals surface area (Å²) in [5.41, 5.74) is 0. The van der Waals surface area contributed by atoms with Gasteiger partial charge in [-0.2, -0.15) is 0 Å². The van der Waals surface area contributed by atoms with E-state index in [2.05, 4.69) is 10.6 Å². The monoisotopic (exact) mass is 239 g/mol. The average molecular weight is 239 g/mol. The van der Waals surface area contributed by atoms with Gasteiger partial charge in [0.05, 0.1) is 0 Å². The van der Waals surface area contributed by atoms with Gasteiger partial charge in [0.1, 0.15) is 6.04 Å². The van der Waals surface area contributed by atoms with Crippen LogP contribution in [0.5, 0.6) is 0 Å². The summed E-state index contributed by atoms with van der Waals surface area (Å²) in [7, 11) is 0. The highest BCUT2D eigenvalue weighted by Crippen LogP contribution is 2.29. The molecule has 1 heterocycles. The molecule has 2 aliphatic rings. The van der Waals surface area contributed by atoms with Gasteiger partial charge in [-0.1, -0.05) is 6.92 Å². The zero-order chi connectivity index (χ0) is 12.3. The van der Waals surface area contributed by atoms with Crippen LogP contribution in [0.25, 0.3) is 0 Å². The highest BCUT2D eigenvalue weighted by Gasteiger charge is 2.33. The molecular weight excluding hydrogens is 218 g/mol. The molecular formula is C12H21N3O2. The molecule has 1 aliphatic heterocycles. The largest absolute Gasteiger partial charge is 0.344 e. The van der Waals surface area contributed by atoms with Crippen LogP contribution in [0.4, 0.5) is 0 Å². The molecule has 1 unspecified atom stereocenters. The average Bonchev–Trinajstić information content (AvgIpc) is 3.20. The van der Waals surface area contributed by atoms with E-state index in [1.54, 1.807) is 0 Å². The van der Waals surface area contributed by atoms with Crippen molar-refractivity contribution in [3.63, 3.8) is 0 Å². The first-order chi connectivity index (χ1) is 8.22. The van der Waals surface area contributed by atoms with E-state index in [9.17, 15) is 9.59 Å². The lowest BCUT2D eigenvalue weighted by atomic mass is 10.1. The lowest BCUT2D eigenvalue weighted by molar-refractivity contribution is -0.137. The predicted molar refractivity (Wildman–Crippen MR) is 64.4 cm³/mol. The lowest BCUT2D eigenvalue weighted by Crippen LogP contribution is -2.54. The number of rotatable bonds is 4. The van der Waals surface area contributed by atoms with E-state index in [1.807, 2.05) is 11.8 Å². The van der Waals surface area contributed by atoms with E-state index < -0.39 is 0 Å². The molecule has 5 nitrogen and oxygen atoms in total. The van der Waals surface area contributed by atoms with Crippen LogP contribution in [0.2, 0.25) is 0 Å². The molecule has 17 heavy (non-hydrogen) atoms. The Morgan fingerprint density at radius 3 is 2.53 bits per heavy atom. The maximum Gasteiger partial charge on any atom is 0.245 e. The van der Waals surface area contributed by atoms with Gasteiger partial charge >= 0.3 is 0 Å². The van der Waals surface area contributed by atoms with Crippen LogP contribution in [0.15, 0.2) is 0 Å². The van der Waals surface area contributed by atoms with Crippen molar-refractivity contribution in [2.24, 2.45) is 5.92 Å². The van der Waals surface area contributed by atoms with Crippen LogP contribution in [0, 0.1) is 5.92 Å². The predicted octanol–water partition coefficient (Wildman–Crippen LogP) is -0.277. The summed E-state index contributed by atoms with van der Waals surface area (Å²) in [6.07, 6.45) is 2.62. The van der Waals surface area contributed by atoms with E-state index >= 15 is 0 Å². The number of carbonyl (C=O) groups excluding carboxylic acids is 2. The van der Waals surface area contributed by atoms with Gasteiger partial charge < -0.3 is 15.5 Å². The third kappa shape index (κ3) is 3.19. The molecule has 5 heteroatoms. The Hall–Kier alpha value is -1.10. The molecule has 2 amide bonds. The normalized spacial score (nSPS) is 22.1. The molecule has 2 fully saturated rings. The number of nitrogens with one attached hydrogen (secondary N) is 2. The Balaban J connectivity index is 1.86. The summed E-state index contributed by atoms with van der Waals surface area (Å²) < 4.78 is 0. The molecule has 1 saturated carbocycles. The van der Waals surface area contributed by atoms with Gasteiger partial charge in [-0.15, -0.1) is 0 Å². The van der Waals surface area contributed by atoms with E-state index in [0.717, 1.165) is 39.0 Å². The van der Waals surface area contributed by atoms with Crippen molar-refractivity contribution < 1.29 is 9.59 Å². The van der Waals surface area contributed by atoms with Crippen molar-refractivity contribution >= 4 is 11.8 Å². The first kappa shape index (κ1) is 12.4. The van der Waals surface area contributed by atoms with Gasteiger partial charge in [-0.25, -0.2) is 0 Å². The van der Waals surface area contributed by atoms with Crippen LogP contribution in [0.3, 0.4) is 0 Å². The molecule has 1 atom stereocenters. The number of hydrogen-bond donors (Lipinski definition) is 2. The van der Waals surface area contributed by atoms with Gasteiger partial charge in [0.2, 0.25) is 11.8 Å². The summed E-state index contributed by atoms with van der Waals surface area (Å²) >= 11 is 0. The highest BCUT2D eigenvalue weighted by atomic mass is 16.2. The van der Waals surface area contributed by atoms with E-state index in [4.69, 9.17) is 0 Å². The number of amides is 2. The second-order valence-electron chi connectivity index (χ2n) is 4.82. The number of carbonyl (C=O) groups is 2. The molecule has 2 N–H and O–H groups in total. The Morgan fingerprint density at radius 1 is 1.35 bits per heavy atom. The molecule has 0 radical (unpaired) electrons. The fraction of sp³-hybridized carbons (Fsp3) is 0.833. The zero-order valence-corrected chi connectivity index (χ0v) is 10.4. The minimum atomic E-state index is -0.332. The van der Waals surface area contributed by atoms with Crippen molar-refractivity contribution in [2.75, 3.05) is 26.2 Å². The minimum Gasteiger partial charge on any atom is -0.344 e. The smallest absolute Gasteiger partial charge is 0.245 e. The Kier molecular flexibility index (Phi) is 3.99. The molecule has 0 aromatic rings. The molecule has 1 saturated heterocycles. The van der Waals surface area contributed by atoms with Crippen LogP contribution >= 0.6 is 0 Å². The number of hydrogen-bond acceptors (Lipinski definition) is 3. The Bertz CT molecular complexity index is 296. The molecule has 2 rings (SSSR count). The maximum absolute atomic E-state index is 12.2. The second-order valence-corrected chi connectivity index (χ2v) is 4.82. The molecule has 1 aliphatic carbocycles. The molecule has 0 bridgehead atoms. The Morgan fingerprint density at radius 2 is 2.00 bits per heavy atom. The van der Waals surface area contributed by atoms with E-state index in [-0.39, 0.29) is 23.8 Å². The molecule has 96 valence electrons. The van der Waals surface area contributed by atoms with Gasteiger partial charge in [-0.3, -0.25) is 9.59 Å². The van der Waals surface area contributed by atoms with Crippen LogP contribution in [0.1, 0.15) is 26.2 Å². The number of piperazine rings is 1. The fourth-order valence-corrected chi connectivity index (χ4v) is 2.08. The zero-order valence-electron chi connectivity index (χ0n) is 10.4. The first-order valence-electron chi connectivity index (χ1n) is 6.52. The van der Waals surface area contributed by atoms with Gasteiger partial charge in [0.25, 0.3) is 0 Å². The lowest BCUT2D eigenvalue weighted by Gasteiger charge is -2.30. The van der Waals surface area contributed by atoms with Crippen molar-refractivity contribution in [2.45, 2.75) is 32.2 Å². The summed E-state index contributed by atoms with van der Waals surface area (Å²) in [5.74, 6) is 0.295. The van der Waals surface area contributed by atoms with E-state index in [1.165, 1.54) is 0 Å². The molecule has 0 spiro atoms. The summed E-state index contributed by atoms with van der Waals surface area (Å²) in [6.45, 7) is 5.12. The standard InChI is InChI=1S/C12H21N3O2/c1-2-10(14-11(16)9-3-4-9)12(17)15-7-5-13-6-8-15/h9-10,13H,2-8H2,1H3,(H,14,16). The van der Waals surface area contributed by atoms with Crippen molar-refractivity contribution in [1.82, 2.24) is 15.5 Å². The maximum atomic E-state index is 12.2. The van der Waals surface area contributed by atoms with Crippen molar-refractivity contribution in [3.05, 3.63) is 0 Å². The summed E-state index contributed by atoms with van der Waals surface area (Å²) in [6, 6.07) is -0.332. The quantitative estimate of drug-likeness (QED) is 0.709. The number of nitrogens with zero attached hydrogens (tertiary/aromatic N) is 1.